The number of rotatable bonds is 4. The number of hydrogen-bond donors (Lipinski definition) is 3. The average Bonchev–Trinajstić information content (AvgIpc) is 3.16. The lowest BCUT2D eigenvalue weighted by Gasteiger charge is -2.12. The quantitative estimate of drug-likeness (QED) is 0.790. The third-order valence-electron chi connectivity index (χ3n) is 4.76. The highest BCUT2D eigenvalue weighted by atomic mass is 16.5. The summed E-state index contributed by atoms with van der Waals surface area (Å²) in [5.74, 6) is 0.441. The second-order valence-corrected chi connectivity index (χ2v) is 6.56. The van der Waals surface area contributed by atoms with Gasteiger partial charge >= 0.3 is 0 Å². The smallest absolute Gasteiger partial charge is 0.243 e. The highest BCUT2D eigenvalue weighted by Gasteiger charge is 2.31. The van der Waals surface area contributed by atoms with E-state index in [9.17, 15) is 4.79 Å². The molecule has 0 aliphatic carbocycles. The summed E-state index contributed by atoms with van der Waals surface area (Å²) in [7, 11) is 3.35. The van der Waals surface area contributed by atoms with Gasteiger partial charge in [-0.3, -0.25) is 4.79 Å². The minimum Gasteiger partial charge on any atom is -0.480 e. The normalized spacial score (nSPS) is 19.9. The Bertz CT molecular complexity index is 799. The second kappa shape index (κ2) is 6.85. The van der Waals surface area contributed by atoms with Crippen molar-refractivity contribution in [3.05, 3.63) is 40.6 Å². The van der Waals surface area contributed by atoms with Gasteiger partial charge in [-0.15, -0.1) is 0 Å². The minimum atomic E-state index is -0.323. The molecule has 2 aromatic rings. The van der Waals surface area contributed by atoms with Crippen LogP contribution in [0.2, 0.25) is 0 Å². The maximum atomic E-state index is 12.6. The fraction of sp³-hybridized carbons (Fsp3) is 0.444. The van der Waals surface area contributed by atoms with Crippen LogP contribution in [0.5, 0.6) is 5.88 Å². The molecule has 134 valence electrons. The number of methoxy groups -OCH3 is 1. The van der Waals surface area contributed by atoms with Crippen LogP contribution in [0.15, 0.2) is 18.2 Å². The van der Waals surface area contributed by atoms with Gasteiger partial charge in [-0.05, 0) is 43.9 Å². The zero-order chi connectivity index (χ0) is 18.1. The lowest BCUT2D eigenvalue weighted by Crippen LogP contribution is -2.39. The summed E-state index contributed by atoms with van der Waals surface area (Å²) in [5.41, 5.74) is 11.4. The molecule has 7 nitrogen and oxygen atoms in total. The number of anilines is 1. The van der Waals surface area contributed by atoms with Crippen LogP contribution in [0.25, 0.3) is 0 Å². The number of carbonyl (C=O) groups excluding carboxylic acids is 1. The van der Waals surface area contributed by atoms with Crippen molar-refractivity contribution in [1.29, 1.82) is 0 Å². The molecule has 0 spiro atoms. The first-order valence-corrected chi connectivity index (χ1v) is 8.37. The Labute approximate surface area is 147 Å². The molecule has 0 radical (unpaired) electrons. The van der Waals surface area contributed by atoms with Crippen molar-refractivity contribution < 1.29 is 9.53 Å². The molecule has 1 aliphatic heterocycles. The van der Waals surface area contributed by atoms with E-state index in [-0.39, 0.29) is 18.0 Å². The van der Waals surface area contributed by atoms with Crippen LogP contribution in [-0.4, -0.2) is 28.8 Å². The summed E-state index contributed by atoms with van der Waals surface area (Å²) in [5, 5.41) is 7.22. The zero-order valence-electron chi connectivity index (χ0n) is 15.3. The summed E-state index contributed by atoms with van der Waals surface area (Å²) in [4.78, 5) is 12.6. The molecule has 2 unspecified atom stereocenters. The van der Waals surface area contributed by atoms with Crippen molar-refractivity contribution in [2.24, 2.45) is 7.05 Å². The van der Waals surface area contributed by atoms with Gasteiger partial charge in [-0.1, -0.05) is 18.2 Å². The summed E-state index contributed by atoms with van der Waals surface area (Å²) in [6.45, 7) is 6.04. The fourth-order valence-electron chi connectivity index (χ4n) is 3.15. The molecule has 2 atom stereocenters. The first-order chi connectivity index (χ1) is 11.9. The number of ether oxygens (including phenoxy) is 1. The number of amides is 1. The summed E-state index contributed by atoms with van der Waals surface area (Å²) < 4.78 is 6.94. The van der Waals surface area contributed by atoms with E-state index in [1.807, 2.05) is 6.92 Å². The van der Waals surface area contributed by atoms with Crippen molar-refractivity contribution >= 4 is 11.6 Å². The molecule has 2 heterocycles. The molecule has 0 bridgehead atoms. The summed E-state index contributed by atoms with van der Waals surface area (Å²) >= 11 is 0. The highest BCUT2D eigenvalue weighted by Crippen LogP contribution is 2.29. The van der Waals surface area contributed by atoms with Crippen molar-refractivity contribution in [3.63, 3.8) is 0 Å². The number of aromatic nitrogens is 2. The Morgan fingerprint density at radius 3 is 2.72 bits per heavy atom. The Hall–Kier alpha value is -2.38. The second-order valence-electron chi connectivity index (χ2n) is 6.56. The number of nitrogens with one attached hydrogen (secondary N) is 3. The van der Waals surface area contributed by atoms with Gasteiger partial charge in [0.1, 0.15) is 11.7 Å². The number of hydrazine groups is 1. The largest absolute Gasteiger partial charge is 0.480 e. The van der Waals surface area contributed by atoms with E-state index in [0.717, 1.165) is 5.69 Å². The van der Waals surface area contributed by atoms with Crippen molar-refractivity contribution in [2.75, 3.05) is 12.4 Å². The van der Waals surface area contributed by atoms with Crippen LogP contribution < -0.4 is 20.9 Å². The number of hydrogen-bond acceptors (Lipinski definition) is 5. The number of nitrogens with zero attached hydrogens (tertiary/aromatic N) is 2. The molecule has 1 aromatic heterocycles. The summed E-state index contributed by atoms with van der Waals surface area (Å²) in [6, 6.07) is 6.17. The number of benzene rings is 1. The number of aryl methyl sites for hydroxylation is 4. The first kappa shape index (κ1) is 17.4. The first-order valence-electron chi connectivity index (χ1n) is 8.37. The van der Waals surface area contributed by atoms with Crippen LogP contribution >= 0.6 is 0 Å². The van der Waals surface area contributed by atoms with Crippen molar-refractivity contribution in [3.8, 4) is 5.88 Å². The van der Waals surface area contributed by atoms with Crippen LogP contribution in [0.3, 0.4) is 0 Å². The molecule has 1 fully saturated rings. The predicted molar refractivity (Wildman–Crippen MR) is 96.5 cm³/mol. The molecule has 25 heavy (non-hydrogen) atoms. The van der Waals surface area contributed by atoms with Gasteiger partial charge in [0, 0.05) is 13.1 Å². The maximum Gasteiger partial charge on any atom is 0.243 e. The van der Waals surface area contributed by atoms with Gasteiger partial charge in [0.05, 0.1) is 12.8 Å². The molecule has 1 aliphatic rings. The van der Waals surface area contributed by atoms with Crippen molar-refractivity contribution in [2.45, 2.75) is 39.3 Å². The minimum absolute atomic E-state index is 0.103. The lowest BCUT2D eigenvalue weighted by atomic mass is 9.98. The van der Waals surface area contributed by atoms with E-state index in [1.165, 1.54) is 16.7 Å². The van der Waals surface area contributed by atoms with E-state index < -0.39 is 0 Å². The molecule has 7 heteroatoms. The van der Waals surface area contributed by atoms with Crippen LogP contribution in [0, 0.1) is 20.8 Å². The Morgan fingerprint density at radius 2 is 2.04 bits per heavy atom. The monoisotopic (exact) mass is 343 g/mol. The van der Waals surface area contributed by atoms with E-state index in [4.69, 9.17) is 4.74 Å². The SMILES string of the molecule is COc1c(NC(=O)C2CC(c3ccc(C)c(C)c3)NN2)c(C)nn1C. The number of carbonyl (C=O) groups is 1. The molecule has 1 aromatic carbocycles. The molecule has 0 saturated carbocycles. The van der Waals surface area contributed by atoms with E-state index >= 15 is 0 Å². The lowest BCUT2D eigenvalue weighted by molar-refractivity contribution is -0.117. The Kier molecular flexibility index (Phi) is 4.78. The molecular weight excluding hydrogens is 318 g/mol. The topological polar surface area (TPSA) is 80.2 Å². The fourth-order valence-corrected chi connectivity index (χ4v) is 3.15. The van der Waals surface area contributed by atoms with Crippen LogP contribution in [0.4, 0.5) is 5.69 Å². The maximum absolute atomic E-state index is 12.6. The third-order valence-corrected chi connectivity index (χ3v) is 4.76. The Balaban J connectivity index is 1.70. The zero-order valence-corrected chi connectivity index (χ0v) is 15.3. The molecule has 1 amide bonds. The van der Waals surface area contributed by atoms with Gasteiger partial charge in [-0.2, -0.15) is 5.10 Å². The van der Waals surface area contributed by atoms with E-state index in [2.05, 4.69) is 53.3 Å². The summed E-state index contributed by atoms with van der Waals surface area (Å²) in [6.07, 6.45) is 0.677. The Morgan fingerprint density at radius 1 is 1.28 bits per heavy atom. The predicted octanol–water partition coefficient (Wildman–Crippen LogP) is 1.90. The standard InChI is InChI=1S/C18H25N5O2/c1-10-6-7-13(8-11(10)2)14-9-15(21-20-14)17(24)19-16-12(3)22-23(4)18(16)25-5/h6-8,14-15,20-21H,9H2,1-5H3,(H,19,24). The van der Waals surface area contributed by atoms with Gasteiger partial charge in [0.15, 0.2) is 0 Å². The highest BCUT2D eigenvalue weighted by molar-refractivity contribution is 5.96. The van der Waals surface area contributed by atoms with Crippen molar-refractivity contribution in [1.82, 2.24) is 20.6 Å². The van der Waals surface area contributed by atoms with Crippen LogP contribution in [-0.2, 0) is 11.8 Å². The van der Waals surface area contributed by atoms with Gasteiger partial charge < -0.3 is 10.1 Å². The van der Waals surface area contributed by atoms with Gasteiger partial charge in [-0.25, -0.2) is 15.5 Å². The van der Waals surface area contributed by atoms with Gasteiger partial charge in [0.2, 0.25) is 11.8 Å². The third kappa shape index (κ3) is 3.38. The van der Waals surface area contributed by atoms with E-state index in [0.29, 0.717) is 18.0 Å². The average molecular weight is 343 g/mol. The molecule has 3 rings (SSSR count). The molecule has 3 N–H and O–H groups in total. The molecule has 1 saturated heterocycles. The molecular formula is C18H25N5O2. The van der Waals surface area contributed by atoms with E-state index in [1.54, 1.807) is 18.8 Å². The van der Waals surface area contributed by atoms with Gasteiger partial charge in [0.25, 0.3) is 0 Å². The van der Waals surface area contributed by atoms with Crippen LogP contribution in [0.1, 0.15) is 34.8 Å².